The molecule has 2 aromatic rings. The predicted octanol–water partition coefficient (Wildman–Crippen LogP) is 3.44. The standard InChI is InChI=1S/C14H17NOS/c1-10-5-3-6-12(11(10)2)16-13(9-15)14-7-4-8-17-14/h3-8,13H,9,15H2,1-2H3. The van der Waals surface area contributed by atoms with Gasteiger partial charge in [0.15, 0.2) is 0 Å². The van der Waals surface area contributed by atoms with E-state index in [1.54, 1.807) is 11.3 Å². The Kier molecular flexibility index (Phi) is 3.82. The van der Waals surface area contributed by atoms with Crippen LogP contribution in [-0.4, -0.2) is 6.54 Å². The van der Waals surface area contributed by atoms with Crippen molar-refractivity contribution in [1.29, 1.82) is 0 Å². The molecule has 0 fully saturated rings. The molecule has 3 heteroatoms. The zero-order valence-corrected chi connectivity index (χ0v) is 11.0. The number of aryl methyl sites for hydroxylation is 1. The number of thiophene rings is 1. The van der Waals surface area contributed by atoms with Crippen LogP contribution < -0.4 is 10.5 Å². The van der Waals surface area contributed by atoms with Gasteiger partial charge >= 0.3 is 0 Å². The van der Waals surface area contributed by atoms with Crippen LogP contribution in [-0.2, 0) is 0 Å². The van der Waals surface area contributed by atoms with Gasteiger partial charge in [0, 0.05) is 11.4 Å². The largest absolute Gasteiger partial charge is 0.483 e. The summed E-state index contributed by atoms with van der Waals surface area (Å²) in [5.74, 6) is 0.925. The predicted molar refractivity (Wildman–Crippen MR) is 72.7 cm³/mol. The molecule has 0 spiro atoms. The molecule has 1 aromatic carbocycles. The summed E-state index contributed by atoms with van der Waals surface area (Å²) in [6, 6.07) is 10.2. The average Bonchev–Trinajstić information content (AvgIpc) is 2.85. The van der Waals surface area contributed by atoms with Crippen molar-refractivity contribution in [2.75, 3.05) is 6.54 Å². The number of nitrogens with two attached hydrogens (primary N) is 1. The van der Waals surface area contributed by atoms with Crippen LogP contribution in [0.1, 0.15) is 22.1 Å². The number of ether oxygens (including phenoxy) is 1. The molecule has 0 aliphatic heterocycles. The Morgan fingerprint density at radius 1 is 1.24 bits per heavy atom. The molecule has 0 aliphatic rings. The molecular weight excluding hydrogens is 230 g/mol. The van der Waals surface area contributed by atoms with Gasteiger partial charge < -0.3 is 10.5 Å². The molecule has 0 aliphatic carbocycles. The van der Waals surface area contributed by atoms with Crippen molar-refractivity contribution in [2.24, 2.45) is 5.73 Å². The number of rotatable bonds is 4. The van der Waals surface area contributed by atoms with Crippen LogP contribution >= 0.6 is 11.3 Å². The van der Waals surface area contributed by atoms with E-state index in [1.807, 2.05) is 23.6 Å². The van der Waals surface area contributed by atoms with E-state index >= 15 is 0 Å². The zero-order valence-electron chi connectivity index (χ0n) is 10.1. The van der Waals surface area contributed by atoms with Crippen LogP contribution in [0, 0.1) is 13.8 Å². The molecule has 17 heavy (non-hydrogen) atoms. The van der Waals surface area contributed by atoms with Crippen molar-refractivity contribution >= 4 is 11.3 Å². The van der Waals surface area contributed by atoms with Gasteiger partial charge in [-0.25, -0.2) is 0 Å². The van der Waals surface area contributed by atoms with Gasteiger partial charge in [-0.2, -0.15) is 0 Å². The van der Waals surface area contributed by atoms with Crippen molar-refractivity contribution in [3.8, 4) is 5.75 Å². The molecule has 2 rings (SSSR count). The molecule has 1 aromatic heterocycles. The van der Waals surface area contributed by atoms with E-state index in [1.165, 1.54) is 16.0 Å². The summed E-state index contributed by atoms with van der Waals surface area (Å²) in [7, 11) is 0. The van der Waals surface area contributed by atoms with Crippen molar-refractivity contribution in [3.63, 3.8) is 0 Å². The topological polar surface area (TPSA) is 35.2 Å². The maximum Gasteiger partial charge on any atom is 0.145 e. The number of benzene rings is 1. The van der Waals surface area contributed by atoms with Crippen LogP contribution in [0.5, 0.6) is 5.75 Å². The van der Waals surface area contributed by atoms with E-state index in [4.69, 9.17) is 10.5 Å². The van der Waals surface area contributed by atoms with Crippen LogP contribution in [0.2, 0.25) is 0 Å². The van der Waals surface area contributed by atoms with Crippen LogP contribution in [0.3, 0.4) is 0 Å². The van der Waals surface area contributed by atoms with Crippen LogP contribution in [0.15, 0.2) is 35.7 Å². The first-order valence-electron chi connectivity index (χ1n) is 5.68. The monoisotopic (exact) mass is 247 g/mol. The van der Waals surface area contributed by atoms with Gasteiger partial charge in [-0.15, -0.1) is 11.3 Å². The Bertz CT molecular complexity index is 479. The van der Waals surface area contributed by atoms with Crippen molar-refractivity contribution in [1.82, 2.24) is 0 Å². The quantitative estimate of drug-likeness (QED) is 0.898. The lowest BCUT2D eigenvalue weighted by Crippen LogP contribution is -2.17. The fourth-order valence-electron chi connectivity index (χ4n) is 1.70. The minimum Gasteiger partial charge on any atom is -0.483 e. The molecule has 1 unspecified atom stereocenters. The summed E-state index contributed by atoms with van der Waals surface area (Å²) in [5, 5.41) is 2.05. The normalized spacial score (nSPS) is 12.4. The summed E-state index contributed by atoms with van der Waals surface area (Å²) in [6.45, 7) is 4.66. The number of hydrogen-bond acceptors (Lipinski definition) is 3. The van der Waals surface area contributed by atoms with E-state index in [0.29, 0.717) is 6.54 Å². The summed E-state index contributed by atoms with van der Waals surface area (Å²) in [4.78, 5) is 1.17. The lowest BCUT2D eigenvalue weighted by Gasteiger charge is -2.18. The van der Waals surface area contributed by atoms with E-state index in [9.17, 15) is 0 Å². The molecule has 1 heterocycles. The highest BCUT2D eigenvalue weighted by Crippen LogP contribution is 2.28. The second kappa shape index (κ2) is 5.34. The highest BCUT2D eigenvalue weighted by molar-refractivity contribution is 7.10. The Labute approximate surface area is 106 Å². The van der Waals surface area contributed by atoms with Crippen LogP contribution in [0.4, 0.5) is 0 Å². The molecule has 90 valence electrons. The summed E-state index contributed by atoms with van der Waals surface area (Å²) >= 11 is 1.68. The van der Waals surface area contributed by atoms with Gasteiger partial charge in [0.1, 0.15) is 11.9 Å². The van der Waals surface area contributed by atoms with Crippen LogP contribution in [0.25, 0.3) is 0 Å². The second-order valence-electron chi connectivity index (χ2n) is 4.06. The average molecular weight is 247 g/mol. The van der Waals surface area contributed by atoms with Crippen molar-refractivity contribution in [3.05, 3.63) is 51.7 Å². The Hall–Kier alpha value is -1.32. The smallest absolute Gasteiger partial charge is 0.145 e. The molecular formula is C14H17NOS. The van der Waals surface area contributed by atoms with E-state index < -0.39 is 0 Å². The maximum absolute atomic E-state index is 6.01. The van der Waals surface area contributed by atoms with Crippen molar-refractivity contribution in [2.45, 2.75) is 20.0 Å². The van der Waals surface area contributed by atoms with E-state index in [0.717, 1.165) is 5.75 Å². The third kappa shape index (κ3) is 2.68. The number of hydrogen-bond donors (Lipinski definition) is 1. The van der Waals surface area contributed by atoms with Gasteiger partial charge in [-0.05, 0) is 42.5 Å². The summed E-state index contributed by atoms with van der Waals surface area (Å²) in [5.41, 5.74) is 8.20. The molecule has 1 atom stereocenters. The molecule has 0 bridgehead atoms. The first-order valence-corrected chi connectivity index (χ1v) is 6.56. The van der Waals surface area contributed by atoms with Gasteiger partial charge in [-0.1, -0.05) is 18.2 Å². The Morgan fingerprint density at radius 3 is 2.71 bits per heavy atom. The van der Waals surface area contributed by atoms with Gasteiger partial charge in [0.05, 0.1) is 0 Å². The highest BCUT2D eigenvalue weighted by Gasteiger charge is 2.13. The summed E-state index contributed by atoms with van der Waals surface area (Å²) < 4.78 is 6.01. The lowest BCUT2D eigenvalue weighted by atomic mass is 10.1. The van der Waals surface area contributed by atoms with Gasteiger partial charge in [0.2, 0.25) is 0 Å². The Balaban J connectivity index is 2.22. The minimum absolute atomic E-state index is 0.0458. The third-order valence-electron chi connectivity index (χ3n) is 2.90. The Morgan fingerprint density at radius 2 is 2.06 bits per heavy atom. The lowest BCUT2D eigenvalue weighted by molar-refractivity contribution is 0.216. The summed E-state index contributed by atoms with van der Waals surface area (Å²) in [6.07, 6.45) is -0.0458. The second-order valence-corrected chi connectivity index (χ2v) is 5.03. The van der Waals surface area contributed by atoms with Gasteiger partial charge in [-0.3, -0.25) is 0 Å². The molecule has 2 N–H and O–H groups in total. The highest BCUT2D eigenvalue weighted by atomic mass is 32.1. The first-order chi connectivity index (χ1) is 8.22. The third-order valence-corrected chi connectivity index (χ3v) is 3.86. The molecule has 0 saturated carbocycles. The van der Waals surface area contributed by atoms with Crippen molar-refractivity contribution < 1.29 is 4.74 Å². The fourth-order valence-corrected chi connectivity index (χ4v) is 2.47. The van der Waals surface area contributed by atoms with Gasteiger partial charge in [0.25, 0.3) is 0 Å². The molecule has 0 saturated heterocycles. The molecule has 0 radical (unpaired) electrons. The minimum atomic E-state index is -0.0458. The SMILES string of the molecule is Cc1cccc(OC(CN)c2cccs2)c1C. The molecule has 2 nitrogen and oxygen atoms in total. The van der Waals surface area contributed by atoms with E-state index in [-0.39, 0.29) is 6.10 Å². The maximum atomic E-state index is 6.01. The fraction of sp³-hybridized carbons (Fsp3) is 0.286. The first kappa shape index (κ1) is 12.1. The van der Waals surface area contributed by atoms with E-state index in [2.05, 4.69) is 26.0 Å². The molecule has 0 amide bonds. The zero-order chi connectivity index (χ0) is 12.3.